The van der Waals surface area contributed by atoms with Gasteiger partial charge in [-0.05, 0) is 38.0 Å². The van der Waals surface area contributed by atoms with Crippen LogP contribution in [0.25, 0.3) is 21.9 Å². The van der Waals surface area contributed by atoms with Gasteiger partial charge < -0.3 is 14.6 Å². The van der Waals surface area contributed by atoms with Crippen molar-refractivity contribution in [2.45, 2.75) is 44.2 Å². The number of fused-ring (bicyclic) bond motifs is 3. The predicted molar refractivity (Wildman–Crippen MR) is 104 cm³/mol. The number of imidazole rings is 1. The molecular formula is C21H21N5O2. The number of nitrogens with zero attached hydrogens (tertiary/aromatic N) is 4. The third-order valence-corrected chi connectivity index (χ3v) is 5.84. The average Bonchev–Trinajstić information content (AvgIpc) is 3.31. The van der Waals surface area contributed by atoms with Crippen molar-refractivity contribution >= 4 is 27.8 Å². The molecule has 2 fully saturated rings. The number of nitrogens with one attached hydrogen (secondary N) is 1. The number of pyridine rings is 1. The van der Waals surface area contributed by atoms with Crippen LogP contribution in [-0.4, -0.2) is 39.7 Å². The number of amides is 1. The van der Waals surface area contributed by atoms with E-state index in [-0.39, 0.29) is 24.0 Å². The van der Waals surface area contributed by atoms with Crippen LogP contribution in [0.2, 0.25) is 0 Å². The summed E-state index contributed by atoms with van der Waals surface area (Å²) in [7, 11) is 0. The molecule has 3 atom stereocenters. The van der Waals surface area contributed by atoms with Crippen molar-refractivity contribution < 1.29 is 9.53 Å². The van der Waals surface area contributed by atoms with Crippen LogP contribution in [0, 0.1) is 11.3 Å². The second-order valence-corrected chi connectivity index (χ2v) is 7.74. The maximum atomic E-state index is 11.9. The molecule has 2 aliphatic rings. The van der Waals surface area contributed by atoms with E-state index in [1.807, 2.05) is 12.1 Å². The lowest BCUT2D eigenvalue weighted by atomic mass is 10.0. The summed E-state index contributed by atoms with van der Waals surface area (Å²) in [5.74, 6) is 1.05. The molecule has 1 amide bonds. The summed E-state index contributed by atoms with van der Waals surface area (Å²) >= 11 is 0. The molecular weight excluding hydrogens is 354 g/mol. The molecule has 142 valence electrons. The third kappa shape index (κ3) is 2.72. The van der Waals surface area contributed by atoms with Crippen LogP contribution in [0.15, 0.2) is 24.4 Å². The molecule has 4 heterocycles. The number of ether oxygens (including phenoxy) is 1. The predicted octanol–water partition coefficient (Wildman–Crippen LogP) is 2.80. The summed E-state index contributed by atoms with van der Waals surface area (Å²) in [6.07, 6.45) is 4.23. The van der Waals surface area contributed by atoms with Gasteiger partial charge in [-0.1, -0.05) is 0 Å². The molecule has 2 saturated heterocycles. The molecule has 2 aliphatic heterocycles. The van der Waals surface area contributed by atoms with Crippen LogP contribution in [-0.2, 0) is 9.53 Å². The van der Waals surface area contributed by atoms with Crippen molar-refractivity contribution in [2.75, 3.05) is 13.2 Å². The van der Waals surface area contributed by atoms with E-state index in [9.17, 15) is 10.1 Å². The Balaban J connectivity index is 1.79. The fourth-order valence-electron chi connectivity index (χ4n) is 4.52. The Morgan fingerprint density at radius 3 is 3.00 bits per heavy atom. The first-order valence-electron chi connectivity index (χ1n) is 9.73. The second-order valence-electron chi connectivity index (χ2n) is 7.74. The zero-order valence-electron chi connectivity index (χ0n) is 15.7. The van der Waals surface area contributed by atoms with Crippen molar-refractivity contribution in [2.24, 2.45) is 0 Å². The van der Waals surface area contributed by atoms with Gasteiger partial charge in [0.1, 0.15) is 11.3 Å². The first-order chi connectivity index (χ1) is 13.6. The molecule has 0 unspecified atom stereocenters. The number of nitriles is 1. The maximum absolute atomic E-state index is 11.9. The lowest BCUT2D eigenvalue weighted by Crippen LogP contribution is -2.27. The largest absolute Gasteiger partial charge is 0.378 e. The molecule has 7 nitrogen and oxygen atoms in total. The highest BCUT2D eigenvalue weighted by atomic mass is 16.5. The molecule has 0 saturated carbocycles. The molecule has 0 bridgehead atoms. The zero-order valence-corrected chi connectivity index (χ0v) is 15.7. The Morgan fingerprint density at radius 2 is 2.25 bits per heavy atom. The minimum Gasteiger partial charge on any atom is -0.378 e. The van der Waals surface area contributed by atoms with Gasteiger partial charge in [-0.25, -0.2) is 4.98 Å². The average molecular weight is 375 g/mol. The first kappa shape index (κ1) is 17.1. The molecule has 7 heteroatoms. The number of aromatic nitrogens is 3. The number of carbonyl (C=O) groups excluding carboxylic acids is 1. The molecule has 1 aromatic carbocycles. The van der Waals surface area contributed by atoms with Crippen LogP contribution in [0.5, 0.6) is 0 Å². The third-order valence-electron chi connectivity index (χ3n) is 5.84. The Bertz CT molecular complexity index is 1130. The van der Waals surface area contributed by atoms with Gasteiger partial charge >= 0.3 is 0 Å². The molecule has 0 spiro atoms. The van der Waals surface area contributed by atoms with E-state index in [0.29, 0.717) is 25.1 Å². The van der Waals surface area contributed by atoms with E-state index in [4.69, 9.17) is 9.72 Å². The van der Waals surface area contributed by atoms with Crippen LogP contribution >= 0.6 is 0 Å². The fraction of sp³-hybridized carbons (Fsp3) is 0.429. The molecule has 0 aliphatic carbocycles. The van der Waals surface area contributed by atoms with E-state index in [0.717, 1.165) is 40.6 Å². The number of hydrogen-bond acceptors (Lipinski definition) is 5. The summed E-state index contributed by atoms with van der Waals surface area (Å²) in [6, 6.07) is 8.04. The van der Waals surface area contributed by atoms with Crippen LogP contribution < -0.4 is 5.32 Å². The topological polar surface area (TPSA) is 92.8 Å². The summed E-state index contributed by atoms with van der Waals surface area (Å²) in [5, 5.41) is 13.2. The molecule has 5 rings (SSSR count). The van der Waals surface area contributed by atoms with Crippen molar-refractivity contribution in [1.82, 2.24) is 19.9 Å². The van der Waals surface area contributed by atoms with Gasteiger partial charge in [0.2, 0.25) is 5.91 Å². The molecule has 1 N–H and O–H groups in total. The van der Waals surface area contributed by atoms with Gasteiger partial charge in [-0.15, -0.1) is 0 Å². The van der Waals surface area contributed by atoms with Gasteiger partial charge in [0, 0.05) is 36.9 Å². The van der Waals surface area contributed by atoms with E-state index in [1.54, 1.807) is 12.3 Å². The lowest BCUT2D eigenvalue weighted by molar-refractivity contribution is -0.119. The molecule has 2 aromatic heterocycles. The molecule has 0 radical (unpaired) electrons. The SMILES string of the molecule is C[C@@H]1C[C@H](n2c([C@H]3CNC(=O)C3)nc3cnc4ccc(C#N)cc4c32)CCO1. The van der Waals surface area contributed by atoms with Gasteiger partial charge in [0.05, 0.1) is 35.0 Å². The summed E-state index contributed by atoms with van der Waals surface area (Å²) < 4.78 is 8.08. The lowest BCUT2D eigenvalue weighted by Gasteiger charge is -2.30. The number of hydrogen-bond donors (Lipinski definition) is 1. The zero-order chi connectivity index (χ0) is 19.3. The monoisotopic (exact) mass is 375 g/mol. The van der Waals surface area contributed by atoms with Crippen LogP contribution in [0.3, 0.4) is 0 Å². The van der Waals surface area contributed by atoms with Crippen LogP contribution in [0.1, 0.15) is 49.5 Å². The Morgan fingerprint density at radius 1 is 1.36 bits per heavy atom. The van der Waals surface area contributed by atoms with Crippen LogP contribution in [0.4, 0.5) is 0 Å². The smallest absolute Gasteiger partial charge is 0.220 e. The number of benzene rings is 1. The van der Waals surface area contributed by atoms with E-state index >= 15 is 0 Å². The van der Waals surface area contributed by atoms with Crippen molar-refractivity contribution in [1.29, 1.82) is 5.26 Å². The summed E-state index contributed by atoms with van der Waals surface area (Å²) in [5.41, 5.74) is 3.28. The number of rotatable bonds is 2. The van der Waals surface area contributed by atoms with Crippen molar-refractivity contribution in [3.05, 3.63) is 35.8 Å². The van der Waals surface area contributed by atoms with Gasteiger partial charge in [0.15, 0.2) is 0 Å². The highest BCUT2D eigenvalue weighted by Crippen LogP contribution is 2.37. The van der Waals surface area contributed by atoms with Gasteiger partial charge in [-0.3, -0.25) is 9.78 Å². The minimum absolute atomic E-state index is 0.0484. The molecule has 3 aromatic rings. The highest BCUT2D eigenvalue weighted by molar-refractivity contribution is 6.03. The quantitative estimate of drug-likeness (QED) is 0.743. The van der Waals surface area contributed by atoms with E-state index in [1.165, 1.54) is 0 Å². The fourth-order valence-corrected chi connectivity index (χ4v) is 4.52. The van der Waals surface area contributed by atoms with E-state index < -0.39 is 0 Å². The Kier molecular flexibility index (Phi) is 4.02. The van der Waals surface area contributed by atoms with Crippen molar-refractivity contribution in [3.63, 3.8) is 0 Å². The standard InChI is InChI=1S/C21H21N5O2/c1-12-6-15(4-5-28-12)26-20-16-7-13(9-22)2-3-17(16)23-11-18(20)25-21(26)14-8-19(27)24-10-14/h2-3,7,11-12,14-15H,4-6,8,10H2,1H3,(H,24,27)/t12-,14-,15-/m1/s1. The molecule has 28 heavy (non-hydrogen) atoms. The first-order valence-corrected chi connectivity index (χ1v) is 9.73. The summed E-state index contributed by atoms with van der Waals surface area (Å²) in [6.45, 7) is 3.41. The van der Waals surface area contributed by atoms with Gasteiger partial charge in [-0.2, -0.15) is 5.26 Å². The van der Waals surface area contributed by atoms with E-state index in [2.05, 4.69) is 27.9 Å². The number of carbonyl (C=O) groups is 1. The summed E-state index contributed by atoms with van der Waals surface area (Å²) in [4.78, 5) is 21.3. The maximum Gasteiger partial charge on any atom is 0.220 e. The normalized spacial score (nSPS) is 25.1. The Labute approximate surface area is 162 Å². The minimum atomic E-state index is 0.0484. The van der Waals surface area contributed by atoms with Crippen molar-refractivity contribution in [3.8, 4) is 6.07 Å². The second kappa shape index (κ2) is 6.57. The van der Waals surface area contributed by atoms with Gasteiger partial charge in [0.25, 0.3) is 0 Å². The Hall–Kier alpha value is -2.98. The highest BCUT2D eigenvalue weighted by Gasteiger charge is 2.32.